The Kier molecular flexibility index (Phi) is 0.947. The van der Waals surface area contributed by atoms with E-state index in [0.717, 1.165) is 17.5 Å². The van der Waals surface area contributed by atoms with E-state index in [9.17, 15) is 0 Å². The summed E-state index contributed by atoms with van der Waals surface area (Å²) in [7, 11) is 0. The lowest BCUT2D eigenvalue weighted by Crippen LogP contribution is -2.17. The number of fused-ring (bicyclic) bond motifs is 1. The van der Waals surface area contributed by atoms with Gasteiger partial charge in [-0.15, -0.1) is 0 Å². The van der Waals surface area contributed by atoms with Crippen molar-refractivity contribution < 1.29 is 5.48 Å². The van der Waals surface area contributed by atoms with E-state index in [-0.39, 0.29) is 35.0 Å². The first kappa shape index (κ1) is 5.19. The fourth-order valence-corrected chi connectivity index (χ4v) is 2.61. The molecule has 0 radical (unpaired) electrons. The molecule has 1 aliphatic rings. The van der Waals surface area contributed by atoms with Gasteiger partial charge in [-0.1, -0.05) is 51.9 Å². The van der Waals surface area contributed by atoms with Crippen molar-refractivity contribution in [2.45, 2.75) is 44.9 Å². The Bertz CT molecular complexity index is 456. The van der Waals surface area contributed by atoms with Crippen LogP contribution in [0.3, 0.4) is 0 Å². The van der Waals surface area contributed by atoms with Crippen molar-refractivity contribution in [3.63, 3.8) is 0 Å². The Morgan fingerprint density at radius 3 is 1.77 bits per heavy atom. The molecule has 0 fully saturated rings. The third-order valence-electron chi connectivity index (χ3n) is 2.92. The first-order valence-electron chi connectivity index (χ1n) is 6.71. The quantitative estimate of drug-likeness (QED) is 0.569. The summed E-state index contributed by atoms with van der Waals surface area (Å²) in [6, 6.07) is 0.0483. The van der Waals surface area contributed by atoms with Gasteiger partial charge in [0.05, 0.1) is 5.48 Å². The molecule has 70 valence electrons. The van der Waals surface area contributed by atoms with Gasteiger partial charge in [-0.05, 0) is 28.4 Å². The maximum Gasteiger partial charge on any atom is 0.0626 e. The van der Waals surface area contributed by atoms with Crippen molar-refractivity contribution in [1.29, 1.82) is 0 Å². The van der Waals surface area contributed by atoms with Crippen LogP contribution in [0.4, 0.5) is 0 Å². The zero-order valence-corrected chi connectivity index (χ0v) is 8.71. The summed E-state index contributed by atoms with van der Waals surface area (Å²) >= 11 is 0. The van der Waals surface area contributed by atoms with Crippen LogP contribution in [-0.4, -0.2) is 0 Å². The molecule has 0 aliphatic heterocycles. The second kappa shape index (κ2) is 2.37. The van der Waals surface area contributed by atoms with Crippen LogP contribution < -0.4 is 0 Å². The minimum Gasteiger partial charge on any atom is -0.0620 e. The van der Waals surface area contributed by atoms with Crippen molar-refractivity contribution >= 4 is 0 Å². The fourth-order valence-electron chi connectivity index (χ4n) is 2.61. The fraction of sp³-hybridized carbons (Fsp3) is 0.538. The van der Waals surface area contributed by atoms with E-state index in [1.165, 1.54) is 0 Å². The summed E-state index contributed by atoms with van der Waals surface area (Å²) in [4.78, 5) is 0. The van der Waals surface area contributed by atoms with Crippen molar-refractivity contribution in [1.82, 2.24) is 0 Å². The van der Waals surface area contributed by atoms with Crippen LogP contribution in [0.25, 0.3) is 0 Å². The Morgan fingerprint density at radius 1 is 1.00 bits per heavy atom. The van der Waals surface area contributed by atoms with E-state index >= 15 is 0 Å². The molecule has 13 heavy (non-hydrogen) atoms. The number of benzene rings is 1. The van der Waals surface area contributed by atoms with Gasteiger partial charge in [0.2, 0.25) is 0 Å². The van der Waals surface area contributed by atoms with Crippen molar-refractivity contribution in [2.24, 2.45) is 0 Å². The largest absolute Gasteiger partial charge is 0.0626 e. The van der Waals surface area contributed by atoms with Crippen LogP contribution in [0.5, 0.6) is 0 Å². The van der Waals surface area contributed by atoms with Crippen LogP contribution in [0, 0.1) is 0 Å². The molecule has 0 saturated heterocycles. The summed E-state index contributed by atoms with van der Waals surface area (Å²) in [6.45, 7) is 8.23. The molecule has 1 aliphatic carbocycles. The normalized spacial score (nSPS) is 27.1. The van der Waals surface area contributed by atoms with Gasteiger partial charge in [-0.25, -0.2) is 0 Å². The summed E-state index contributed by atoms with van der Waals surface area (Å²) in [5.74, 6) is 0. The average molecular weight is 178 g/mol. The molecule has 0 bridgehead atoms. The van der Waals surface area contributed by atoms with Crippen LogP contribution in [0.1, 0.15) is 50.7 Å². The van der Waals surface area contributed by atoms with Gasteiger partial charge in [0, 0.05) is 0 Å². The summed E-state index contributed by atoms with van der Waals surface area (Å²) in [5.41, 5.74) is 1.23. The SMILES string of the molecule is [2H]c1c([2H])c([2H])c2c(c1[2H])C(C)(C)CC2(C)C. The van der Waals surface area contributed by atoms with Gasteiger partial charge < -0.3 is 0 Å². The highest BCUT2D eigenvalue weighted by Crippen LogP contribution is 2.48. The number of rotatable bonds is 0. The lowest BCUT2D eigenvalue weighted by atomic mass is 9.82. The van der Waals surface area contributed by atoms with Crippen molar-refractivity contribution in [3.05, 3.63) is 35.3 Å². The van der Waals surface area contributed by atoms with Gasteiger partial charge in [-0.3, -0.25) is 0 Å². The Balaban J connectivity index is 2.92. The molecule has 0 unspecified atom stereocenters. The molecule has 0 heteroatoms. The highest BCUT2D eigenvalue weighted by molar-refractivity contribution is 5.44. The maximum absolute atomic E-state index is 8.06. The van der Waals surface area contributed by atoms with E-state index < -0.39 is 0 Å². The lowest BCUT2D eigenvalue weighted by molar-refractivity contribution is 0.403. The van der Waals surface area contributed by atoms with Gasteiger partial charge in [-0.2, -0.15) is 0 Å². The molecule has 0 spiro atoms. The van der Waals surface area contributed by atoms with Crippen LogP contribution >= 0.6 is 0 Å². The molecule has 0 saturated carbocycles. The summed E-state index contributed by atoms with van der Waals surface area (Å²) in [5, 5.41) is 0. The van der Waals surface area contributed by atoms with Crippen molar-refractivity contribution in [2.75, 3.05) is 0 Å². The zero-order chi connectivity index (χ0) is 13.2. The second-order valence-electron chi connectivity index (χ2n) is 5.19. The third-order valence-corrected chi connectivity index (χ3v) is 2.92. The first-order chi connectivity index (χ1) is 7.59. The predicted octanol–water partition coefficient (Wildman–Crippen LogP) is 3.65. The molecule has 0 heterocycles. The van der Waals surface area contributed by atoms with Crippen LogP contribution in [0.2, 0.25) is 0 Å². The molecular weight excluding hydrogens is 156 g/mol. The van der Waals surface area contributed by atoms with Gasteiger partial charge in [0.25, 0.3) is 0 Å². The molecule has 1 aromatic rings. The third kappa shape index (κ3) is 1.20. The highest BCUT2D eigenvalue weighted by atomic mass is 14.4. The standard InChI is InChI=1S/C13H18/c1-12(2)9-13(3,4)11-8-6-5-7-10(11)12/h5-8H,9H2,1-4H3/i5D,6D,7D,8D. The van der Waals surface area contributed by atoms with E-state index in [1.54, 1.807) is 0 Å². The molecule has 0 nitrogen and oxygen atoms in total. The predicted molar refractivity (Wildman–Crippen MR) is 57.1 cm³/mol. The van der Waals surface area contributed by atoms with E-state index in [1.807, 2.05) is 0 Å². The summed E-state index contributed by atoms with van der Waals surface area (Å²) in [6.07, 6.45) is 0.857. The first-order valence-corrected chi connectivity index (χ1v) is 4.71. The highest BCUT2D eigenvalue weighted by Gasteiger charge is 2.41. The van der Waals surface area contributed by atoms with E-state index in [4.69, 9.17) is 5.48 Å². The van der Waals surface area contributed by atoms with Crippen molar-refractivity contribution in [3.8, 4) is 0 Å². The minimum absolute atomic E-state index is 0.112. The van der Waals surface area contributed by atoms with Gasteiger partial charge >= 0.3 is 0 Å². The number of hydrogen-bond acceptors (Lipinski definition) is 0. The molecule has 0 aromatic heterocycles. The maximum atomic E-state index is 8.06. The number of hydrogen-bond donors (Lipinski definition) is 0. The molecule has 2 rings (SSSR count). The monoisotopic (exact) mass is 178 g/mol. The van der Waals surface area contributed by atoms with Gasteiger partial charge in [0.1, 0.15) is 0 Å². The Hall–Kier alpha value is -0.780. The van der Waals surface area contributed by atoms with Crippen LogP contribution in [-0.2, 0) is 10.8 Å². The lowest BCUT2D eigenvalue weighted by Gasteiger charge is -2.22. The average Bonchev–Trinajstić information content (AvgIpc) is 2.36. The van der Waals surface area contributed by atoms with Crippen LogP contribution in [0.15, 0.2) is 24.2 Å². The van der Waals surface area contributed by atoms with E-state index in [0.29, 0.717) is 0 Å². The molecule has 1 aromatic carbocycles. The van der Waals surface area contributed by atoms with E-state index in [2.05, 4.69) is 27.7 Å². The second-order valence-corrected chi connectivity index (χ2v) is 5.19. The summed E-state index contributed by atoms with van der Waals surface area (Å²) < 4.78 is 31.6. The molecule has 0 N–H and O–H groups in total. The molecule has 0 amide bonds. The Labute approximate surface area is 86.6 Å². The molecule has 0 atom stereocenters. The topological polar surface area (TPSA) is 0 Å². The smallest absolute Gasteiger partial charge is 0.0620 e. The van der Waals surface area contributed by atoms with Gasteiger partial charge in [0.15, 0.2) is 0 Å². The molecular formula is C13H18. The zero-order valence-electron chi connectivity index (χ0n) is 12.7. The Morgan fingerprint density at radius 2 is 1.38 bits per heavy atom. The minimum atomic E-state index is -0.185.